The van der Waals surface area contributed by atoms with Gasteiger partial charge in [0.1, 0.15) is 5.82 Å². The fourth-order valence-electron chi connectivity index (χ4n) is 2.57. The number of carbonyl (C=O) groups is 1. The van der Waals surface area contributed by atoms with E-state index >= 15 is 0 Å². The number of rotatable bonds is 5. The van der Waals surface area contributed by atoms with E-state index in [1.165, 1.54) is 42.7 Å². The van der Waals surface area contributed by atoms with Crippen molar-refractivity contribution in [2.75, 3.05) is 6.54 Å². The third-order valence-corrected chi connectivity index (χ3v) is 3.83. The lowest BCUT2D eigenvalue weighted by molar-refractivity contribution is 0.0920. The largest absolute Gasteiger partial charge is 0.412 e. The van der Waals surface area contributed by atoms with E-state index in [9.17, 15) is 9.18 Å². The highest BCUT2D eigenvalue weighted by atomic mass is 19.1. The van der Waals surface area contributed by atoms with E-state index in [2.05, 4.69) is 21.6 Å². The van der Waals surface area contributed by atoms with Crippen LogP contribution < -0.4 is 5.32 Å². The molecule has 0 unspecified atom stereocenters. The number of carbonyl (C=O) groups excluding carboxylic acids is 1. The molecule has 0 saturated carbocycles. The van der Waals surface area contributed by atoms with Gasteiger partial charge in [-0.1, -0.05) is 11.6 Å². The van der Waals surface area contributed by atoms with Gasteiger partial charge in [-0.25, -0.2) is 4.39 Å². The summed E-state index contributed by atoms with van der Waals surface area (Å²) in [5, 5.41) is 10.4. The van der Waals surface area contributed by atoms with Crippen LogP contribution in [0.5, 0.6) is 0 Å². The SMILES string of the molecule is O=C(NCCC1=CCCCC1)c1nnc(-c2ccc(F)cc2)o1. The average Bonchev–Trinajstić information content (AvgIpc) is 3.06. The van der Waals surface area contributed by atoms with Gasteiger partial charge in [0.15, 0.2) is 0 Å². The maximum absolute atomic E-state index is 12.9. The third-order valence-electron chi connectivity index (χ3n) is 3.83. The van der Waals surface area contributed by atoms with Gasteiger partial charge in [0.2, 0.25) is 5.89 Å². The van der Waals surface area contributed by atoms with Crippen LogP contribution in [0.4, 0.5) is 4.39 Å². The normalized spacial score (nSPS) is 14.4. The van der Waals surface area contributed by atoms with Crippen LogP contribution in [-0.4, -0.2) is 22.6 Å². The minimum atomic E-state index is -0.387. The molecule has 120 valence electrons. The molecule has 0 radical (unpaired) electrons. The lowest BCUT2D eigenvalue weighted by atomic mass is 9.97. The molecule has 1 aliphatic rings. The lowest BCUT2D eigenvalue weighted by Crippen LogP contribution is -2.25. The fraction of sp³-hybridized carbons (Fsp3) is 0.353. The number of aromatic nitrogens is 2. The van der Waals surface area contributed by atoms with Crippen molar-refractivity contribution in [1.29, 1.82) is 0 Å². The first kappa shape index (κ1) is 15.4. The summed E-state index contributed by atoms with van der Waals surface area (Å²) in [7, 11) is 0. The van der Waals surface area contributed by atoms with Gasteiger partial charge in [0, 0.05) is 12.1 Å². The molecule has 0 saturated heterocycles. The molecule has 1 aliphatic carbocycles. The Bertz CT molecular complexity index is 707. The van der Waals surface area contributed by atoms with Crippen LogP contribution in [0.25, 0.3) is 11.5 Å². The molecule has 0 bridgehead atoms. The predicted molar refractivity (Wildman–Crippen MR) is 83.2 cm³/mol. The van der Waals surface area contributed by atoms with Crippen molar-refractivity contribution < 1.29 is 13.6 Å². The minimum Gasteiger partial charge on any atom is -0.412 e. The zero-order valence-electron chi connectivity index (χ0n) is 12.7. The van der Waals surface area contributed by atoms with Crippen LogP contribution in [0.15, 0.2) is 40.3 Å². The molecule has 1 amide bonds. The summed E-state index contributed by atoms with van der Waals surface area (Å²) in [6, 6.07) is 5.66. The Hall–Kier alpha value is -2.50. The van der Waals surface area contributed by atoms with E-state index in [0.717, 1.165) is 19.3 Å². The second-order valence-electron chi connectivity index (χ2n) is 5.53. The van der Waals surface area contributed by atoms with E-state index in [1.54, 1.807) is 0 Å². The molecule has 1 aromatic carbocycles. The molecule has 5 nitrogen and oxygen atoms in total. The second kappa shape index (κ2) is 7.17. The van der Waals surface area contributed by atoms with Crippen LogP contribution >= 0.6 is 0 Å². The van der Waals surface area contributed by atoms with Crippen molar-refractivity contribution in [3.05, 3.63) is 47.6 Å². The number of hydrogen-bond donors (Lipinski definition) is 1. The molecule has 0 aliphatic heterocycles. The van der Waals surface area contributed by atoms with Gasteiger partial charge >= 0.3 is 11.8 Å². The number of benzene rings is 1. The number of nitrogens with one attached hydrogen (secondary N) is 1. The highest BCUT2D eigenvalue weighted by molar-refractivity contribution is 5.89. The van der Waals surface area contributed by atoms with Gasteiger partial charge in [-0.2, -0.15) is 0 Å². The van der Waals surface area contributed by atoms with E-state index in [1.807, 2.05) is 0 Å². The maximum Gasteiger partial charge on any atom is 0.308 e. The fourth-order valence-corrected chi connectivity index (χ4v) is 2.57. The summed E-state index contributed by atoms with van der Waals surface area (Å²) in [5.41, 5.74) is 1.97. The molecular weight excluding hydrogens is 297 g/mol. The molecule has 3 rings (SSSR count). The Labute approximate surface area is 133 Å². The number of nitrogens with zero attached hydrogens (tertiary/aromatic N) is 2. The van der Waals surface area contributed by atoms with E-state index in [0.29, 0.717) is 12.1 Å². The van der Waals surface area contributed by atoms with Gasteiger partial charge in [-0.15, -0.1) is 10.2 Å². The summed E-state index contributed by atoms with van der Waals surface area (Å²) >= 11 is 0. The number of hydrogen-bond acceptors (Lipinski definition) is 4. The smallest absolute Gasteiger partial charge is 0.308 e. The van der Waals surface area contributed by atoms with Crippen LogP contribution in [0.2, 0.25) is 0 Å². The Morgan fingerprint density at radius 2 is 2.04 bits per heavy atom. The zero-order valence-corrected chi connectivity index (χ0v) is 12.7. The summed E-state index contributed by atoms with van der Waals surface area (Å²) in [6.07, 6.45) is 7.84. The van der Waals surface area contributed by atoms with Gasteiger partial charge < -0.3 is 9.73 Å². The van der Waals surface area contributed by atoms with Crippen molar-refractivity contribution in [2.24, 2.45) is 0 Å². The quantitative estimate of drug-likeness (QED) is 0.858. The van der Waals surface area contributed by atoms with Crippen molar-refractivity contribution in [2.45, 2.75) is 32.1 Å². The Balaban J connectivity index is 1.55. The van der Waals surface area contributed by atoms with Crippen LogP contribution in [-0.2, 0) is 0 Å². The predicted octanol–water partition coefficient (Wildman–Crippen LogP) is 3.50. The monoisotopic (exact) mass is 315 g/mol. The highest BCUT2D eigenvalue weighted by Gasteiger charge is 2.15. The minimum absolute atomic E-state index is 0.0815. The van der Waals surface area contributed by atoms with Crippen LogP contribution in [0, 0.1) is 5.82 Å². The van der Waals surface area contributed by atoms with Crippen molar-refractivity contribution in [3.63, 3.8) is 0 Å². The topological polar surface area (TPSA) is 68.0 Å². The first-order valence-corrected chi connectivity index (χ1v) is 7.78. The molecule has 1 heterocycles. The summed E-state index contributed by atoms with van der Waals surface area (Å²) in [4.78, 5) is 12.0. The summed E-state index contributed by atoms with van der Waals surface area (Å²) < 4.78 is 18.2. The zero-order chi connectivity index (χ0) is 16.1. The van der Waals surface area contributed by atoms with E-state index in [-0.39, 0.29) is 23.5 Å². The van der Waals surface area contributed by atoms with Gasteiger partial charge in [-0.05, 0) is 56.4 Å². The number of amides is 1. The first-order chi connectivity index (χ1) is 11.2. The molecular formula is C17H18FN3O2. The lowest BCUT2D eigenvalue weighted by Gasteiger charge is -2.12. The van der Waals surface area contributed by atoms with E-state index < -0.39 is 0 Å². The molecule has 6 heteroatoms. The van der Waals surface area contributed by atoms with Gasteiger partial charge in [0.05, 0.1) is 0 Å². The number of allylic oxidation sites excluding steroid dienone is 1. The Kier molecular flexibility index (Phi) is 4.80. The molecule has 1 N–H and O–H groups in total. The van der Waals surface area contributed by atoms with E-state index in [4.69, 9.17) is 4.42 Å². The van der Waals surface area contributed by atoms with Crippen molar-refractivity contribution >= 4 is 5.91 Å². The maximum atomic E-state index is 12.9. The first-order valence-electron chi connectivity index (χ1n) is 7.78. The Morgan fingerprint density at radius 1 is 1.22 bits per heavy atom. The standard InChI is InChI=1S/C17H18FN3O2/c18-14-8-6-13(7-9-14)16-20-21-17(23-16)15(22)19-11-10-12-4-2-1-3-5-12/h4,6-9H,1-3,5,10-11H2,(H,19,22). The van der Waals surface area contributed by atoms with Crippen molar-refractivity contribution in [1.82, 2.24) is 15.5 Å². The average molecular weight is 315 g/mol. The molecule has 0 spiro atoms. The molecule has 2 aromatic rings. The summed E-state index contributed by atoms with van der Waals surface area (Å²) in [5.74, 6) is -0.613. The molecule has 23 heavy (non-hydrogen) atoms. The molecule has 0 fully saturated rings. The summed E-state index contributed by atoms with van der Waals surface area (Å²) in [6.45, 7) is 0.554. The van der Waals surface area contributed by atoms with Gasteiger partial charge in [0.25, 0.3) is 0 Å². The van der Waals surface area contributed by atoms with Crippen molar-refractivity contribution in [3.8, 4) is 11.5 Å². The highest BCUT2D eigenvalue weighted by Crippen LogP contribution is 2.20. The third kappa shape index (κ3) is 4.03. The van der Waals surface area contributed by atoms with Crippen LogP contribution in [0.1, 0.15) is 42.8 Å². The molecule has 0 atom stereocenters. The van der Waals surface area contributed by atoms with Gasteiger partial charge in [-0.3, -0.25) is 4.79 Å². The Morgan fingerprint density at radius 3 is 2.78 bits per heavy atom. The molecule has 1 aromatic heterocycles. The van der Waals surface area contributed by atoms with Crippen LogP contribution in [0.3, 0.4) is 0 Å². The second-order valence-corrected chi connectivity index (χ2v) is 5.53. The number of halogens is 1.